The van der Waals surface area contributed by atoms with Gasteiger partial charge in [0, 0.05) is 18.4 Å². The Kier molecular flexibility index (Phi) is 3.68. The summed E-state index contributed by atoms with van der Waals surface area (Å²) in [5.74, 6) is 0. The van der Waals surface area contributed by atoms with Crippen LogP contribution in [0.4, 0.5) is 4.79 Å². The number of imidazole rings is 1. The van der Waals surface area contributed by atoms with Gasteiger partial charge in [-0.05, 0) is 6.42 Å². The lowest BCUT2D eigenvalue weighted by atomic mass is 10.2. The number of nitriles is 1. The average Bonchev–Trinajstić information content (AvgIpc) is 2.69. The van der Waals surface area contributed by atoms with Gasteiger partial charge in [-0.25, -0.2) is 9.78 Å². The van der Waals surface area contributed by atoms with Gasteiger partial charge in [0.25, 0.3) is 0 Å². The molecule has 74 valence electrons. The second kappa shape index (κ2) is 5.02. The van der Waals surface area contributed by atoms with Crippen molar-refractivity contribution in [3.05, 3.63) is 18.7 Å². The van der Waals surface area contributed by atoms with Crippen LogP contribution in [0.25, 0.3) is 0 Å². The van der Waals surface area contributed by atoms with Gasteiger partial charge in [0.2, 0.25) is 0 Å². The first-order valence-corrected chi connectivity index (χ1v) is 4.43. The van der Waals surface area contributed by atoms with Crippen LogP contribution in [0.1, 0.15) is 19.8 Å². The first-order valence-electron chi connectivity index (χ1n) is 4.43. The summed E-state index contributed by atoms with van der Waals surface area (Å²) in [6.07, 6.45) is 5.60. The van der Waals surface area contributed by atoms with E-state index in [1.807, 2.05) is 13.0 Å². The zero-order chi connectivity index (χ0) is 10.4. The Labute approximate surface area is 82.4 Å². The van der Waals surface area contributed by atoms with Crippen molar-refractivity contribution < 1.29 is 4.79 Å². The van der Waals surface area contributed by atoms with Crippen LogP contribution in [-0.4, -0.2) is 21.6 Å². The van der Waals surface area contributed by atoms with Crippen LogP contribution < -0.4 is 5.32 Å². The molecule has 0 spiro atoms. The van der Waals surface area contributed by atoms with Gasteiger partial charge in [0.15, 0.2) is 0 Å². The molecule has 1 unspecified atom stereocenters. The highest BCUT2D eigenvalue weighted by Gasteiger charge is 2.10. The molecule has 1 amide bonds. The maximum atomic E-state index is 11.5. The van der Waals surface area contributed by atoms with Crippen molar-refractivity contribution in [3.63, 3.8) is 0 Å². The summed E-state index contributed by atoms with van der Waals surface area (Å²) in [6, 6.07) is 1.70. The number of carbonyl (C=O) groups is 1. The molecular weight excluding hydrogens is 180 g/mol. The fourth-order valence-corrected chi connectivity index (χ4v) is 1.04. The minimum absolute atomic E-state index is 0.0881. The predicted octanol–water partition coefficient (Wildman–Crippen LogP) is 1.13. The summed E-state index contributed by atoms with van der Waals surface area (Å²) in [7, 11) is 0. The summed E-state index contributed by atoms with van der Waals surface area (Å²) in [4.78, 5) is 15.2. The highest BCUT2D eigenvalue weighted by atomic mass is 16.2. The Hall–Kier alpha value is -1.83. The smallest absolute Gasteiger partial charge is 0.327 e. The van der Waals surface area contributed by atoms with E-state index in [0.717, 1.165) is 6.42 Å². The average molecular weight is 192 g/mol. The molecular formula is C9H12N4O. The summed E-state index contributed by atoms with van der Waals surface area (Å²) in [5, 5.41) is 11.2. The Balaban J connectivity index is 2.52. The molecule has 0 radical (unpaired) electrons. The first-order chi connectivity index (χ1) is 6.77. The van der Waals surface area contributed by atoms with E-state index in [4.69, 9.17) is 5.26 Å². The molecule has 0 aromatic carbocycles. The second-order valence-electron chi connectivity index (χ2n) is 2.89. The molecule has 14 heavy (non-hydrogen) atoms. The topological polar surface area (TPSA) is 70.7 Å². The summed E-state index contributed by atoms with van der Waals surface area (Å²) < 4.78 is 1.35. The second-order valence-corrected chi connectivity index (χ2v) is 2.89. The molecule has 1 aromatic heterocycles. The van der Waals surface area contributed by atoms with Crippen LogP contribution in [0.3, 0.4) is 0 Å². The third-order valence-electron chi connectivity index (χ3n) is 1.90. The lowest BCUT2D eigenvalue weighted by molar-refractivity contribution is 0.238. The molecule has 1 atom stereocenters. The third kappa shape index (κ3) is 2.59. The normalized spacial score (nSPS) is 11.7. The third-order valence-corrected chi connectivity index (χ3v) is 1.90. The van der Waals surface area contributed by atoms with Crippen molar-refractivity contribution in [1.29, 1.82) is 5.26 Å². The molecule has 0 saturated heterocycles. The largest absolute Gasteiger partial charge is 0.334 e. The zero-order valence-corrected chi connectivity index (χ0v) is 7.97. The van der Waals surface area contributed by atoms with Crippen molar-refractivity contribution in [2.24, 2.45) is 0 Å². The van der Waals surface area contributed by atoms with Crippen LogP contribution in [0.15, 0.2) is 18.7 Å². The van der Waals surface area contributed by atoms with E-state index in [2.05, 4.69) is 10.3 Å². The number of nitrogens with zero attached hydrogens (tertiary/aromatic N) is 3. The molecule has 0 aliphatic carbocycles. The van der Waals surface area contributed by atoms with Gasteiger partial charge < -0.3 is 5.32 Å². The number of carbonyl (C=O) groups excluding carboxylic acids is 1. The van der Waals surface area contributed by atoms with Gasteiger partial charge in [0.05, 0.1) is 12.5 Å². The van der Waals surface area contributed by atoms with Crippen molar-refractivity contribution in [2.75, 3.05) is 0 Å². The van der Waals surface area contributed by atoms with Crippen molar-refractivity contribution >= 4 is 6.03 Å². The van der Waals surface area contributed by atoms with Crippen LogP contribution in [0.2, 0.25) is 0 Å². The maximum Gasteiger partial charge on any atom is 0.327 e. The summed E-state index contributed by atoms with van der Waals surface area (Å²) >= 11 is 0. The number of hydrogen-bond acceptors (Lipinski definition) is 3. The molecule has 0 fully saturated rings. The molecule has 0 aliphatic rings. The lowest BCUT2D eigenvalue weighted by Gasteiger charge is -2.12. The molecule has 0 bridgehead atoms. The van der Waals surface area contributed by atoms with Gasteiger partial charge in [-0.1, -0.05) is 6.92 Å². The Morgan fingerprint density at radius 3 is 3.07 bits per heavy atom. The van der Waals surface area contributed by atoms with Crippen molar-refractivity contribution in [1.82, 2.24) is 14.9 Å². The quantitative estimate of drug-likeness (QED) is 0.780. The molecule has 1 rings (SSSR count). The molecule has 5 heteroatoms. The molecule has 1 aromatic rings. The van der Waals surface area contributed by atoms with Crippen LogP contribution in [-0.2, 0) is 0 Å². The monoisotopic (exact) mass is 192 g/mol. The molecule has 1 N–H and O–H groups in total. The fourth-order valence-electron chi connectivity index (χ4n) is 1.04. The predicted molar refractivity (Wildman–Crippen MR) is 50.5 cm³/mol. The minimum Gasteiger partial charge on any atom is -0.334 e. The van der Waals surface area contributed by atoms with Gasteiger partial charge in [-0.3, -0.25) is 4.57 Å². The van der Waals surface area contributed by atoms with E-state index >= 15 is 0 Å². The van der Waals surface area contributed by atoms with E-state index < -0.39 is 0 Å². The molecule has 0 aliphatic heterocycles. The number of amides is 1. The summed E-state index contributed by atoms with van der Waals surface area (Å²) in [5.41, 5.74) is 0. The van der Waals surface area contributed by atoms with Gasteiger partial charge in [0.1, 0.15) is 6.33 Å². The van der Waals surface area contributed by atoms with E-state index in [9.17, 15) is 4.79 Å². The number of nitrogens with one attached hydrogen (secondary N) is 1. The molecule has 0 saturated carbocycles. The SMILES string of the molecule is CCC(CC#N)NC(=O)n1ccnc1. The zero-order valence-electron chi connectivity index (χ0n) is 7.97. The number of aromatic nitrogens is 2. The Morgan fingerprint density at radius 2 is 2.57 bits per heavy atom. The highest BCUT2D eigenvalue weighted by molar-refractivity contribution is 5.76. The lowest BCUT2D eigenvalue weighted by Crippen LogP contribution is -2.36. The van der Waals surface area contributed by atoms with Gasteiger partial charge in [-0.15, -0.1) is 0 Å². The van der Waals surface area contributed by atoms with E-state index in [1.165, 1.54) is 17.1 Å². The highest BCUT2D eigenvalue weighted by Crippen LogP contribution is 1.97. The van der Waals surface area contributed by atoms with Gasteiger partial charge in [-0.2, -0.15) is 5.26 Å². The molecule has 5 nitrogen and oxygen atoms in total. The number of hydrogen-bond donors (Lipinski definition) is 1. The van der Waals surface area contributed by atoms with E-state index in [0.29, 0.717) is 6.42 Å². The van der Waals surface area contributed by atoms with Gasteiger partial charge >= 0.3 is 6.03 Å². The van der Waals surface area contributed by atoms with Crippen molar-refractivity contribution in [3.8, 4) is 6.07 Å². The Morgan fingerprint density at radius 1 is 1.79 bits per heavy atom. The van der Waals surface area contributed by atoms with Crippen LogP contribution in [0.5, 0.6) is 0 Å². The van der Waals surface area contributed by atoms with Crippen molar-refractivity contribution in [2.45, 2.75) is 25.8 Å². The maximum absolute atomic E-state index is 11.5. The fraction of sp³-hybridized carbons (Fsp3) is 0.444. The number of rotatable bonds is 3. The van der Waals surface area contributed by atoms with Crippen LogP contribution in [0, 0.1) is 11.3 Å². The van der Waals surface area contributed by atoms with E-state index in [-0.39, 0.29) is 12.1 Å². The minimum atomic E-state index is -0.246. The molecule has 1 heterocycles. The van der Waals surface area contributed by atoms with Crippen LogP contribution >= 0.6 is 0 Å². The first kappa shape index (κ1) is 10.3. The standard InChI is InChI=1S/C9H12N4O/c1-2-8(3-4-10)12-9(14)13-6-5-11-7-13/h5-8H,2-3H2,1H3,(H,12,14). The summed E-state index contributed by atoms with van der Waals surface area (Å²) in [6.45, 7) is 1.93. The Bertz CT molecular complexity index is 325. The van der Waals surface area contributed by atoms with E-state index in [1.54, 1.807) is 6.20 Å².